The molecule has 19 atom stereocenters. The Morgan fingerprint density at radius 1 is 0.692 bits per heavy atom. The number of aliphatic hydroxyl groups excluding tert-OH is 2. The molecule has 5 saturated heterocycles. The smallest absolute Gasteiger partial charge is 0.338 e. The molecule has 91 heavy (non-hydrogen) atoms. The highest BCUT2D eigenvalue weighted by Gasteiger charge is 2.57. The molecule has 0 aliphatic carbocycles. The van der Waals surface area contributed by atoms with Crippen LogP contribution in [0.2, 0.25) is 72.5 Å². The Morgan fingerprint density at radius 3 is 1.90 bits per heavy atom. The molecule has 0 radical (unpaired) electrons. The van der Waals surface area contributed by atoms with Crippen LogP contribution < -0.4 is 0 Å². The first-order valence-corrected chi connectivity index (χ1v) is 47.6. The summed E-state index contributed by atoms with van der Waals surface area (Å²) in [4.78, 5) is 29.1. The van der Waals surface area contributed by atoms with Gasteiger partial charge in [0.2, 0.25) is 0 Å². The number of methoxy groups -OCH3 is 1. The average Bonchev–Trinajstić information content (AvgIpc) is 1.38. The van der Waals surface area contributed by atoms with Gasteiger partial charge in [-0.15, -0.1) is 0 Å². The van der Waals surface area contributed by atoms with Gasteiger partial charge in [-0.2, -0.15) is 0 Å². The summed E-state index contributed by atoms with van der Waals surface area (Å²) in [6.45, 7) is 51.7. The molecule has 11 unspecified atom stereocenters. The minimum Gasteiger partial charge on any atom is -0.455 e. The van der Waals surface area contributed by atoms with E-state index in [9.17, 15) is 15.0 Å². The normalized spacial score (nSPS) is 35.7. The number of Topliss-reactive ketones (excluding diaryl/α,β-unsaturated/α-hetero) is 1. The third-order valence-corrected chi connectivity index (χ3v) is 42.5. The van der Waals surface area contributed by atoms with Crippen molar-refractivity contribution < 1.29 is 70.7 Å². The third-order valence-electron chi connectivity index (χ3n) is 23.2. The molecule has 20 heteroatoms. The van der Waals surface area contributed by atoms with Gasteiger partial charge in [-0.05, 0) is 147 Å². The predicted molar refractivity (Wildman–Crippen MR) is 380 cm³/mol. The number of ketones is 1. The summed E-state index contributed by atoms with van der Waals surface area (Å²) < 4.78 is 78.5. The molecular weight excluding hydrogens is 1330 g/mol. The van der Waals surface area contributed by atoms with Crippen molar-refractivity contribution in [1.82, 2.24) is 0 Å². The average molecular weight is 1460 g/mol. The maximum Gasteiger partial charge on any atom is 0.338 e. The van der Waals surface area contributed by atoms with Crippen LogP contribution in [0.25, 0.3) is 0 Å². The number of hydrogen-bond donors (Lipinski definition) is 2. The van der Waals surface area contributed by atoms with Crippen molar-refractivity contribution in [3.05, 3.63) is 60.2 Å². The Hall–Kier alpha value is -1.04. The Labute approximate surface area is 567 Å². The van der Waals surface area contributed by atoms with Crippen LogP contribution in [-0.2, 0) is 55.7 Å². The molecule has 9 rings (SSSR count). The van der Waals surface area contributed by atoms with Crippen LogP contribution in [0.3, 0.4) is 0 Å². The highest BCUT2D eigenvalue weighted by molar-refractivity contribution is 14.1. The second kappa shape index (κ2) is 30.2. The lowest BCUT2D eigenvalue weighted by atomic mass is 9.82. The fraction of sp³-hybridized carbons (Fsp3) is 0.831. The summed E-state index contributed by atoms with van der Waals surface area (Å²) in [7, 11) is -8.10. The number of aliphatic hydroxyl groups is 2. The van der Waals surface area contributed by atoms with E-state index < -0.39 is 124 Å². The third kappa shape index (κ3) is 18.8. The number of carbonyl (C=O) groups is 2. The van der Waals surface area contributed by atoms with E-state index in [1.807, 2.05) is 30.4 Å². The fourth-order valence-electron chi connectivity index (χ4n) is 13.2. The molecule has 0 spiro atoms. The molecule has 8 heterocycles. The zero-order chi connectivity index (χ0) is 67.8. The molecule has 2 N–H and O–H groups in total. The molecule has 8 aliphatic rings. The predicted octanol–water partition coefficient (Wildman–Crippen LogP) is 15.4. The van der Waals surface area contributed by atoms with Gasteiger partial charge in [0.1, 0.15) is 41.9 Å². The van der Waals surface area contributed by atoms with E-state index in [4.69, 9.17) is 50.9 Å². The first kappa shape index (κ1) is 77.3. The maximum absolute atomic E-state index is 15.1. The Balaban J connectivity index is 1.27. The first-order valence-electron chi connectivity index (χ1n) is 34.5. The number of rotatable bonds is 15. The molecule has 0 saturated carbocycles. The van der Waals surface area contributed by atoms with Gasteiger partial charge in [0.05, 0.1) is 79.3 Å². The standard InChI is InChI=1S/C71H123IO15Si4/c1-45-37-51-33-36-60-71(44-72,84-51)42-52(79-60)30-29-49(81-66(76)47-27-25-24-26-28-47)31-35-57(86-90(20,21)69(9,10)11)64-65(87-91(22,23)70(12,13)14)61(75)63-56(83-64)34-32-50(80-63)38-48(73)39-54-58(41-55(74)46(45)2)82-59(62(54)77-15)40-53(85-89(18,19)68(6,7)8)43-78-88(16,17)67(3,4)5/h24-28,31,35,45,49-65,74-75H,2,29-30,32-34,36-44H2,1,3-23H3/b35-31+/t45-,49?,50?,51?,52?,53?,54+,55-,56+,57?,58+,59?,60+,61+,62-,63?,64?,65?,71?/m1/s1. The van der Waals surface area contributed by atoms with Crippen molar-refractivity contribution in [2.75, 3.05) is 18.1 Å². The van der Waals surface area contributed by atoms with Crippen LogP contribution in [-0.4, -0.2) is 177 Å². The van der Waals surface area contributed by atoms with Gasteiger partial charge in [0.25, 0.3) is 0 Å². The zero-order valence-corrected chi connectivity index (χ0v) is 66.3. The summed E-state index contributed by atoms with van der Waals surface area (Å²) in [6, 6.07) is 9.09. The van der Waals surface area contributed by atoms with Crippen LogP contribution in [0, 0.1) is 11.8 Å². The van der Waals surface area contributed by atoms with E-state index in [1.165, 1.54) is 0 Å². The molecule has 7 bridgehead atoms. The molecular formula is C71H123IO15Si4. The number of fused-ring (bicyclic) bond motifs is 2. The summed E-state index contributed by atoms with van der Waals surface area (Å²) in [5.41, 5.74) is 0.642. The second-order valence-corrected chi connectivity index (χ2v) is 54.0. The summed E-state index contributed by atoms with van der Waals surface area (Å²) >= 11 is 2.46. The van der Waals surface area contributed by atoms with Gasteiger partial charge in [-0.25, -0.2) is 4.79 Å². The summed E-state index contributed by atoms with van der Waals surface area (Å²) in [6.07, 6.45) is 0.878. The van der Waals surface area contributed by atoms with Gasteiger partial charge >= 0.3 is 5.97 Å². The topological polar surface area (TPSA) is 176 Å². The van der Waals surface area contributed by atoms with Gasteiger partial charge in [-0.1, -0.05) is 143 Å². The minimum atomic E-state index is -2.66. The van der Waals surface area contributed by atoms with E-state index in [2.05, 4.69) is 172 Å². The Bertz CT molecular complexity index is 2590. The highest BCUT2D eigenvalue weighted by atomic mass is 127. The summed E-state index contributed by atoms with van der Waals surface area (Å²) in [5, 5.41) is 25.0. The van der Waals surface area contributed by atoms with Crippen molar-refractivity contribution in [1.29, 1.82) is 0 Å². The highest BCUT2D eigenvalue weighted by Crippen LogP contribution is 2.49. The van der Waals surface area contributed by atoms with Crippen LogP contribution in [0.15, 0.2) is 54.6 Å². The quantitative estimate of drug-likeness (QED) is 0.0557. The lowest BCUT2D eigenvalue weighted by molar-refractivity contribution is -0.269. The molecule has 1 aromatic carbocycles. The molecule has 520 valence electrons. The van der Waals surface area contributed by atoms with Crippen LogP contribution in [0.5, 0.6) is 0 Å². The van der Waals surface area contributed by atoms with Crippen molar-refractivity contribution >= 4 is 67.6 Å². The fourth-order valence-corrected chi connectivity index (χ4v) is 19.1. The van der Waals surface area contributed by atoms with Crippen molar-refractivity contribution in [2.24, 2.45) is 11.8 Å². The molecule has 0 aromatic heterocycles. The van der Waals surface area contributed by atoms with Gasteiger partial charge in [0.15, 0.2) is 33.3 Å². The van der Waals surface area contributed by atoms with E-state index in [0.717, 1.165) is 17.3 Å². The number of alkyl halides is 1. The van der Waals surface area contributed by atoms with Crippen molar-refractivity contribution in [2.45, 2.75) is 343 Å². The number of benzene rings is 1. The number of hydrogen-bond acceptors (Lipinski definition) is 15. The minimum absolute atomic E-state index is 0.00973. The van der Waals surface area contributed by atoms with Crippen molar-refractivity contribution in [3.8, 4) is 0 Å². The molecule has 15 nitrogen and oxygen atoms in total. The molecule has 1 aromatic rings. The number of ether oxygens (including phenoxy) is 7. The summed E-state index contributed by atoms with van der Waals surface area (Å²) in [5.74, 6) is -0.951. The van der Waals surface area contributed by atoms with E-state index in [1.54, 1.807) is 19.2 Å². The van der Waals surface area contributed by atoms with Crippen LogP contribution in [0.1, 0.15) is 177 Å². The maximum atomic E-state index is 15.1. The Morgan fingerprint density at radius 2 is 1.30 bits per heavy atom. The first-order chi connectivity index (χ1) is 41.9. The molecule has 5 fully saturated rings. The number of halogens is 1. The van der Waals surface area contributed by atoms with E-state index >= 15 is 4.79 Å². The lowest BCUT2D eigenvalue weighted by Gasteiger charge is -2.53. The monoisotopic (exact) mass is 1450 g/mol. The van der Waals surface area contributed by atoms with Gasteiger partial charge in [-0.3, -0.25) is 4.79 Å². The zero-order valence-electron chi connectivity index (χ0n) is 60.1. The number of esters is 1. The second-order valence-electron chi connectivity index (χ2n) is 34.1. The van der Waals surface area contributed by atoms with E-state index in [-0.39, 0.29) is 75.5 Å². The SMILES string of the molecule is C=C1[C@H](C)CC2CC[C@@H]3OC(CCC(OC(=O)c4ccccc4)/C=C/C(O[Si](C)(C)C(C)(C)C)C4O[C@H]5CCC(CC(=O)C[C@H]6[C@H](C[C@H]1O)OC(CC(CO[Si](C)(C)C(C)(C)C)O[Si](C)(C)C(C)(C)C)[C@@H]6OC)OC5[C@H](O)C4O[Si](C)(C)C(C)(C)C)CC3(CI)O2. The largest absolute Gasteiger partial charge is 0.455 e. The lowest BCUT2D eigenvalue weighted by Crippen LogP contribution is -2.67. The van der Waals surface area contributed by atoms with Crippen LogP contribution >= 0.6 is 22.6 Å². The van der Waals surface area contributed by atoms with Gasteiger partial charge < -0.3 is 61.1 Å². The molecule has 8 aliphatic heterocycles. The number of carbonyl (C=O) groups excluding carboxylic acids is 2. The van der Waals surface area contributed by atoms with Gasteiger partial charge in [0, 0.05) is 49.6 Å². The van der Waals surface area contributed by atoms with E-state index in [0.29, 0.717) is 62.7 Å². The Kier molecular flexibility index (Phi) is 25.7. The van der Waals surface area contributed by atoms with Crippen LogP contribution in [0.4, 0.5) is 0 Å². The van der Waals surface area contributed by atoms with Crippen molar-refractivity contribution in [3.63, 3.8) is 0 Å². The molecule has 0 amide bonds.